The highest BCUT2D eigenvalue weighted by atomic mass is 16.6. The Balaban J connectivity index is 4.35. The minimum Gasteiger partial charge on any atom is -0.462 e. The van der Waals surface area contributed by atoms with Crippen molar-refractivity contribution in [3.63, 3.8) is 0 Å². The Hall–Kier alpha value is -1.85. The van der Waals surface area contributed by atoms with Crippen molar-refractivity contribution < 1.29 is 28.6 Å². The fraction of sp³-hybridized carbons (Fsp3) is 0.891. The summed E-state index contributed by atoms with van der Waals surface area (Å²) in [5.41, 5.74) is 0. The Morgan fingerprint density at radius 3 is 1.02 bits per heavy atom. The second kappa shape index (κ2) is 41.9. The molecule has 0 aliphatic heterocycles. The Morgan fingerprint density at radius 2 is 0.654 bits per heavy atom. The molecule has 0 fully saturated rings. The van der Waals surface area contributed by atoms with Crippen molar-refractivity contribution >= 4 is 17.9 Å². The first kappa shape index (κ1) is 50.1. The summed E-state index contributed by atoms with van der Waals surface area (Å²) in [7, 11) is 0. The predicted molar refractivity (Wildman–Crippen MR) is 220 cm³/mol. The normalized spacial score (nSPS) is 12.0. The Morgan fingerprint density at radius 1 is 0.365 bits per heavy atom. The average molecular weight is 735 g/mol. The standard InChI is InChI=1S/C46H86O6/c1-4-7-10-13-16-19-22-25-27-30-33-36-39-45(48)51-42-43(52-46(49)40-37-34-31-28-24-21-18-15-12-9-6-3)41-50-44(47)38-35-32-29-26-23-20-17-14-11-8-5-2/h14,17,43H,4-13,15-16,18-42H2,1-3H3/b17-14-/t43-/m1/s1. The molecule has 52 heavy (non-hydrogen) atoms. The summed E-state index contributed by atoms with van der Waals surface area (Å²) in [5, 5.41) is 0. The van der Waals surface area contributed by atoms with Gasteiger partial charge in [-0.15, -0.1) is 0 Å². The molecule has 0 spiro atoms. The monoisotopic (exact) mass is 735 g/mol. The first-order valence-electron chi connectivity index (χ1n) is 22.7. The molecule has 0 aromatic carbocycles. The summed E-state index contributed by atoms with van der Waals surface area (Å²) in [6.07, 6.45) is 43.3. The van der Waals surface area contributed by atoms with Crippen LogP contribution in [0, 0.1) is 0 Å². The third-order valence-electron chi connectivity index (χ3n) is 10.0. The third-order valence-corrected chi connectivity index (χ3v) is 10.0. The van der Waals surface area contributed by atoms with Gasteiger partial charge in [0.05, 0.1) is 0 Å². The van der Waals surface area contributed by atoms with Crippen LogP contribution in [0.5, 0.6) is 0 Å². The minimum absolute atomic E-state index is 0.0682. The topological polar surface area (TPSA) is 78.9 Å². The van der Waals surface area contributed by atoms with Crippen LogP contribution < -0.4 is 0 Å². The summed E-state index contributed by atoms with van der Waals surface area (Å²) in [6, 6.07) is 0. The molecular formula is C46H86O6. The van der Waals surface area contributed by atoms with Gasteiger partial charge >= 0.3 is 17.9 Å². The predicted octanol–water partition coefficient (Wildman–Crippen LogP) is 14.3. The van der Waals surface area contributed by atoms with E-state index < -0.39 is 6.10 Å². The highest BCUT2D eigenvalue weighted by Gasteiger charge is 2.19. The van der Waals surface area contributed by atoms with Crippen LogP contribution in [0.15, 0.2) is 12.2 Å². The first-order chi connectivity index (χ1) is 25.5. The molecule has 0 saturated carbocycles. The van der Waals surface area contributed by atoms with Gasteiger partial charge in [0.25, 0.3) is 0 Å². The van der Waals surface area contributed by atoms with Crippen LogP contribution in [-0.4, -0.2) is 37.2 Å². The molecular weight excluding hydrogens is 648 g/mol. The van der Waals surface area contributed by atoms with Crippen molar-refractivity contribution in [1.29, 1.82) is 0 Å². The molecule has 0 N–H and O–H groups in total. The zero-order valence-corrected chi connectivity index (χ0v) is 34.8. The summed E-state index contributed by atoms with van der Waals surface area (Å²) in [4.78, 5) is 37.6. The average Bonchev–Trinajstić information content (AvgIpc) is 3.14. The van der Waals surface area contributed by atoms with E-state index in [1.165, 1.54) is 141 Å². The van der Waals surface area contributed by atoms with E-state index in [0.29, 0.717) is 19.3 Å². The zero-order valence-electron chi connectivity index (χ0n) is 34.8. The van der Waals surface area contributed by atoms with Gasteiger partial charge in [-0.25, -0.2) is 0 Å². The van der Waals surface area contributed by atoms with Crippen LogP contribution >= 0.6 is 0 Å². The van der Waals surface area contributed by atoms with E-state index in [-0.39, 0.29) is 31.1 Å². The molecule has 1 atom stereocenters. The molecule has 0 aromatic rings. The maximum atomic E-state index is 12.7. The number of hydrogen-bond acceptors (Lipinski definition) is 6. The fourth-order valence-corrected chi connectivity index (χ4v) is 6.54. The lowest BCUT2D eigenvalue weighted by atomic mass is 10.0. The summed E-state index contributed by atoms with van der Waals surface area (Å²) < 4.78 is 16.7. The van der Waals surface area contributed by atoms with Crippen molar-refractivity contribution in [3.8, 4) is 0 Å². The smallest absolute Gasteiger partial charge is 0.306 e. The van der Waals surface area contributed by atoms with Crippen LogP contribution in [0.1, 0.15) is 245 Å². The van der Waals surface area contributed by atoms with Crippen LogP contribution in [0.3, 0.4) is 0 Å². The van der Waals surface area contributed by atoms with E-state index in [9.17, 15) is 14.4 Å². The molecule has 0 aliphatic rings. The number of rotatable bonds is 41. The van der Waals surface area contributed by atoms with E-state index in [1.54, 1.807) is 0 Å². The molecule has 0 heterocycles. The molecule has 6 nitrogen and oxygen atoms in total. The van der Waals surface area contributed by atoms with Gasteiger partial charge in [-0.3, -0.25) is 14.4 Å². The van der Waals surface area contributed by atoms with E-state index in [0.717, 1.165) is 64.2 Å². The molecule has 0 aliphatic carbocycles. The van der Waals surface area contributed by atoms with E-state index in [1.807, 2.05) is 0 Å². The lowest BCUT2D eigenvalue weighted by Crippen LogP contribution is -2.30. The number of esters is 3. The molecule has 0 bridgehead atoms. The Kier molecular flexibility index (Phi) is 40.4. The lowest BCUT2D eigenvalue weighted by Gasteiger charge is -2.18. The summed E-state index contributed by atoms with van der Waals surface area (Å²) >= 11 is 0. The number of hydrogen-bond donors (Lipinski definition) is 0. The molecule has 6 heteroatoms. The number of unbranched alkanes of at least 4 members (excludes halogenated alkanes) is 28. The SMILES string of the molecule is CCCC/C=C\CCCCCCCC(=O)OC[C@H](COC(=O)CCCCCCCCCCCCCC)OC(=O)CCCCCCCCCCCCC. The van der Waals surface area contributed by atoms with E-state index in [4.69, 9.17) is 14.2 Å². The Labute approximate surface area is 322 Å². The van der Waals surface area contributed by atoms with E-state index >= 15 is 0 Å². The van der Waals surface area contributed by atoms with Crippen molar-refractivity contribution in [2.24, 2.45) is 0 Å². The minimum atomic E-state index is -0.763. The molecule has 0 unspecified atom stereocenters. The van der Waals surface area contributed by atoms with Gasteiger partial charge in [0.1, 0.15) is 13.2 Å². The van der Waals surface area contributed by atoms with Gasteiger partial charge in [0, 0.05) is 19.3 Å². The second-order valence-corrected chi connectivity index (χ2v) is 15.3. The molecule has 0 saturated heterocycles. The van der Waals surface area contributed by atoms with Crippen molar-refractivity contribution in [3.05, 3.63) is 12.2 Å². The Bertz CT molecular complexity index is 809. The maximum Gasteiger partial charge on any atom is 0.306 e. The van der Waals surface area contributed by atoms with Crippen molar-refractivity contribution in [2.45, 2.75) is 252 Å². The second-order valence-electron chi connectivity index (χ2n) is 15.3. The van der Waals surface area contributed by atoms with Gasteiger partial charge < -0.3 is 14.2 Å². The quantitative estimate of drug-likeness (QED) is 0.0269. The van der Waals surface area contributed by atoms with Crippen LogP contribution in [0.4, 0.5) is 0 Å². The lowest BCUT2D eigenvalue weighted by molar-refractivity contribution is -0.167. The molecule has 0 rings (SSSR count). The largest absolute Gasteiger partial charge is 0.462 e. The summed E-state index contributed by atoms with van der Waals surface area (Å²) in [5.74, 6) is -0.872. The van der Waals surface area contributed by atoms with Crippen LogP contribution in [0.2, 0.25) is 0 Å². The van der Waals surface area contributed by atoms with Crippen LogP contribution in [0.25, 0.3) is 0 Å². The first-order valence-corrected chi connectivity index (χ1v) is 22.7. The van der Waals surface area contributed by atoms with Gasteiger partial charge in [-0.05, 0) is 38.5 Å². The van der Waals surface area contributed by atoms with Gasteiger partial charge in [-0.2, -0.15) is 0 Å². The fourth-order valence-electron chi connectivity index (χ4n) is 6.54. The van der Waals surface area contributed by atoms with Gasteiger partial charge in [0.2, 0.25) is 0 Å². The number of allylic oxidation sites excluding steroid dienone is 2. The molecule has 0 aromatic heterocycles. The number of carbonyl (C=O) groups is 3. The van der Waals surface area contributed by atoms with Gasteiger partial charge in [-0.1, -0.05) is 200 Å². The maximum absolute atomic E-state index is 12.7. The number of ether oxygens (including phenoxy) is 3. The van der Waals surface area contributed by atoms with Crippen LogP contribution in [-0.2, 0) is 28.6 Å². The number of carbonyl (C=O) groups excluding carboxylic acids is 3. The zero-order chi connectivity index (χ0) is 38.0. The van der Waals surface area contributed by atoms with Crippen molar-refractivity contribution in [2.75, 3.05) is 13.2 Å². The summed E-state index contributed by atoms with van der Waals surface area (Å²) in [6.45, 7) is 6.59. The molecule has 0 radical (unpaired) electrons. The highest BCUT2D eigenvalue weighted by Crippen LogP contribution is 2.15. The molecule has 306 valence electrons. The van der Waals surface area contributed by atoms with E-state index in [2.05, 4.69) is 32.9 Å². The third kappa shape index (κ3) is 39.4. The van der Waals surface area contributed by atoms with Gasteiger partial charge in [0.15, 0.2) is 6.10 Å². The molecule has 0 amide bonds. The van der Waals surface area contributed by atoms with Crippen molar-refractivity contribution in [1.82, 2.24) is 0 Å². The highest BCUT2D eigenvalue weighted by molar-refractivity contribution is 5.71.